The Labute approximate surface area is 163 Å². The lowest BCUT2D eigenvalue weighted by Gasteiger charge is -2.27. The predicted molar refractivity (Wildman–Crippen MR) is 107 cm³/mol. The fourth-order valence-corrected chi connectivity index (χ4v) is 2.52. The highest BCUT2D eigenvalue weighted by Gasteiger charge is 2.28. The summed E-state index contributed by atoms with van der Waals surface area (Å²) in [5, 5.41) is 5.61. The quantitative estimate of drug-likeness (QED) is 0.759. The second kappa shape index (κ2) is 9.62. The van der Waals surface area contributed by atoms with E-state index in [1.54, 1.807) is 27.9 Å². The molecule has 2 N–H and O–H groups in total. The second-order valence-corrected chi connectivity index (χ2v) is 8.85. The van der Waals surface area contributed by atoms with Crippen molar-refractivity contribution in [1.82, 2.24) is 10.6 Å². The summed E-state index contributed by atoms with van der Waals surface area (Å²) in [5.74, 6) is 0.596. The zero-order chi connectivity index (χ0) is 20.7. The van der Waals surface area contributed by atoms with Crippen molar-refractivity contribution in [3.05, 3.63) is 29.8 Å². The standard InChI is InChI=1S/C21H34N2O4/c1-20(2,3)14-17(23-19(25)27-21(4,5)6)18(24)22-13-12-15-8-10-16(26-7)11-9-15/h8-11,17H,12-14H2,1-7H3,(H,22,24)(H,23,25). The van der Waals surface area contributed by atoms with Gasteiger partial charge in [0.25, 0.3) is 0 Å². The van der Waals surface area contributed by atoms with E-state index in [1.807, 2.05) is 45.0 Å². The molecule has 0 saturated heterocycles. The Kier molecular flexibility index (Phi) is 8.13. The first-order valence-electron chi connectivity index (χ1n) is 9.30. The summed E-state index contributed by atoms with van der Waals surface area (Å²) in [6.07, 6.45) is 0.632. The van der Waals surface area contributed by atoms with E-state index in [0.717, 1.165) is 11.3 Å². The van der Waals surface area contributed by atoms with Crippen molar-refractivity contribution in [2.75, 3.05) is 13.7 Å². The largest absolute Gasteiger partial charge is 0.497 e. The summed E-state index contributed by atoms with van der Waals surface area (Å²) < 4.78 is 10.4. The molecule has 2 amide bonds. The van der Waals surface area contributed by atoms with Crippen LogP contribution in [0.3, 0.4) is 0 Å². The van der Waals surface area contributed by atoms with E-state index in [9.17, 15) is 9.59 Å². The van der Waals surface area contributed by atoms with Crippen LogP contribution in [0.4, 0.5) is 4.79 Å². The van der Waals surface area contributed by atoms with Crippen molar-refractivity contribution in [3.63, 3.8) is 0 Å². The number of hydrogen-bond donors (Lipinski definition) is 2. The van der Waals surface area contributed by atoms with Crippen LogP contribution in [0.2, 0.25) is 0 Å². The molecule has 0 fully saturated rings. The van der Waals surface area contributed by atoms with Crippen LogP contribution in [0.1, 0.15) is 53.5 Å². The monoisotopic (exact) mass is 378 g/mol. The van der Waals surface area contributed by atoms with Gasteiger partial charge in [0.2, 0.25) is 5.91 Å². The molecule has 0 aliphatic rings. The molecule has 0 radical (unpaired) electrons. The van der Waals surface area contributed by atoms with Gasteiger partial charge in [-0.2, -0.15) is 0 Å². The minimum atomic E-state index is -0.643. The van der Waals surface area contributed by atoms with Crippen LogP contribution in [-0.2, 0) is 16.0 Å². The number of alkyl carbamates (subject to hydrolysis) is 1. The molecule has 1 rings (SSSR count). The van der Waals surface area contributed by atoms with Crippen LogP contribution in [-0.4, -0.2) is 37.3 Å². The van der Waals surface area contributed by atoms with E-state index in [4.69, 9.17) is 9.47 Å². The molecule has 0 saturated carbocycles. The highest BCUT2D eigenvalue weighted by molar-refractivity contribution is 5.85. The van der Waals surface area contributed by atoms with Crippen molar-refractivity contribution in [2.45, 2.75) is 66.0 Å². The third-order valence-corrected chi connectivity index (χ3v) is 3.70. The van der Waals surface area contributed by atoms with Gasteiger partial charge in [0.1, 0.15) is 17.4 Å². The Morgan fingerprint density at radius 2 is 1.63 bits per heavy atom. The average molecular weight is 379 g/mol. The van der Waals surface area contributed by atoms with Crippen LogP contribution >= 0.6 is 0 Å². The lowest BCUT2D eigenvalue weighted by Crippen LogP contribution is -2.50. The third-order valence-electron chi connectivity index (χ3n) is 3.70. The van der Waals surface area contributed by atoms with Crippen LogP contribution in [0.25, 0.3) is 0 Å². The normalized spacial score (nSPS) is 12.9. The lowest BCUT2D eigenvalue weighted by atomic mass is 9.88. The highest BCUT2D eigenvalue weighted by atomic mass is 16.6. The maximum absolute atomic E-state index is 12.6. The molecule has 1 atom stereocenters. The van der Waals surface area contributed by atoms with E-state index < -0.39 is 17.7 Å². The zero-order valence-electron chi connectivity index (χ0n) is 17.6. The number of carbonyl (C=O) groups excluding carboxylic acids is 2. The number of methoxy groups -OCH3 is 1. The number of rotatable bonds is 7. The minimum absolute atomic E-state index is 0.118. The van der Waals surface area contributed by atoms with Gasteiger partial charge in [-0.25, -0.2) is 4.79 Å². The zero-order valence-corrected chi connectivity index (χ0v) is 17.6. The van der Waals surface area contributed by atoms with E-state index >= 15 is 0 Å². The summed E-state index contributed by atoms with van der Waals surface area (Å²) in [6, 6.07) is 7.08. The molecule has 1 aromatic rings. The molecule has 27 heavy (non-hydrogen) atoms. The van der Waals surface area contributed by atoms with Crippen LogP contribution in [0.5, 0.6) is 5.75 Å². The SMILES string of the molecule is COc1ccc(CCNC(=O)C(CC(C)(C)C)NC(=O)OC(C)(C)C)cc1. The lowest BCUT2D eigenvalue weighted by molar-refractivity contribution is -0.123. The fourth-order valence-electron chi connectivity index (χ4n) is 2.52. The molecule has 0 heterocycles. The average Bonchev–Trinajstić information content (AvgIpc) is 2.51. The first-order valence-corrected chi connectivity index (χ1v) is 9.30. The molecule has 0 aliphatic heterocycles. The first-order chi connectivity index (χ1) is 12.4. The number of ether oxygens (including phenoxy) is 2. The Morgan fingerprint density at radius 3 is 2.11 bits per heavy atom. The number of hydrogen-bond acceptors (Lipinski definition) is 4. The first kappa shape index (κ1) is 22.8. The van der Waals surface area contributed by atoms with Gasteiger partial charge in [0, 0.05) is 6.54 Å². The van der Waals surface area contributed by atoms with Crippen molar-refractivity contribution >= 4 is 12.0 Å². The maximum atomic E-state index is 12.6. The highest BCUT2D eigenvalue weighted by Crippen LogP contribution is 2.21. The molecule has 0 aromatic heterocycles. The summed E-state index contributed by atoms with van der Waals surface area (Å²) >= 11 is 0. The van der Waals surface area contributed by atoms with Gasteiger partial charge in [-0.1, -0.05) is 32.9 Å². The summed E-state index contributed by atoms with van der Waals surface area (Å²) in [4.78, 5) is 24.7. The molecular formula is C21H34N2O4. The van der Waals surface area contributed by atoms with Crippen molar-refractivity contribution in [3.8, 4) is 5.75 Å². The summed E-state index contributed by atoms with van der Waals surface area (Å²) in [6.45, 7) is 12.0. The van der Waals surface area contributed by atoms with Gasteiger partial charge in [-0.05, 0) is 56.7 Å². The number of amides is 2. The molecule has 0 aliphatic carbocycles. The minimum Gasteiger partial charge on any atom is -0.497 e. The van der Waals surface area contributed by atoms with Gasteiger partial charge in [0.15, 0.2) is 0 Å². The number of benzene rings is 1. The number of carbonyl (C=O) groups is 2. The Morgan fingerprint density at radius 1 is 1.04 bits per heavy atom. The third kappa shape index (κ3) is 9.87. The Bertz CT molecular complexity index is 613. The van der Waals surface area contributed by atoms with Crippen molar-refractivity contribution < 1.29 is 19.1 Å². The molecule has 6 heteroatoms. The summed E-state index contributed by atoms with van der Waals surface area (Å²) in [5.41, 5.74) is 0.373. The molecule has 1 aromatic carbocycles. The molecule has 152 valence electrons. The van der Waals surface area contributed by atoms with E-state index in [0.29, 0.717) is 19.4 Å². The van der Waals surface area contributed by atoms with Crippen molar-refractivity contribution in [1.29, 1.82) is 0 Å². The van der Waals surface area contributed by atoms with E-state index in [1.165, 1.54) is 0 Å². The molecule has 6 nitrogen and oxygen atoms in total. The Balaban J connectivity index is 2.62. The van der Waals surface area contributed by atoms with Crippen LogP contribution in [0.15, 0.2) is 24.3 Å². The number of nitrogens with one attached hydrogen (secondary N) is 2. The van der Waals surface area contributed by atoms with Gasteiger partial charge < -0.3 is 20.1 Å². The molecule has 0 spiro atoms. The van der Waals surface area contributed by atoms with Gasteiger partial charge >= 0.3 is 6.09 Å². The van der Waals surface area contributed by atoms with Gasteiger partial charge in [-0.15, -0.1) is 0 Å². The Hall–Kier alpha value is -2.24. The van der Waals surface area contributed by atoms with E-state index in [2.05, 4.69) is 10.6 Å². The maximum Gasteiger partial charge on any atom is 0.408 e. The van der Waals surface area contributed by atoms with Gasteiger partial charge in [-0.3, -0.25) is 4.79 Å². The molecular weight excluding hydrogens is 344 g/mol. The van der Waals surface area contributed by atoms with Crippen LogP contribution < -0.4 is 15.4 Å². The second-order valence-electron chi connectivity index (χ2n) is 8.85. The fraction of sp³-hybridized carbons (Fsp3) is 0.619. The van der Waals surface area contributed by atoms with Gasteiger partial charge in [0.05, 0.1) is 7.11 Å². The van der Waals surface area contributed by atoms with Crippen molar-refractivity contribution in [2.24, 2.45) is 5.41 Å². The predicted octanol–water partition coefficient (Wildman–Crippen LogP) is 3.68. The molecule has 1 unspecified atom stereocenters. The topological polar surface area (TPSA) is 76.7 Å². The van der Waals surface area contributed by atoms with E-state index in [-0.39, 0.29) is 11.3 Å². The summed E-state index contributed by atoms with van der Waals surface area (Å²) in [7, 11) is 1.63. The van der Waals surface area contributed by atoms with Crippen LogP contribution in [0, 0.1) is 5.41 Å². The molecule has 0 bridgehead atoms. The smallest absolute Gasteiger partial charge is 0.408 e.